The van der Waals surface area contributed by atoms with E-state index in [1.54, 1.807) is 0 Å². The number of rotatable bonds is 46. The average molecular weight is 821 g/mol. The molecule has 6 nitrogen and oxygen atoms in total. The summed E-state index contributed by atoms with van der Waals surface area (Å²) in [6.45, 7) is 11.3. The summed E-state index contributed by atoms with van der Waals surface area (Å²) in [4.78, 5) is 37.9. The Kier molecular flexibility index (Phi) is 43.7. The van der Waals surface area contributed by atoms with Gasteiger partial charge in [0.05, 0.1) is 0 Å². The van der Waals surface area contributed by atoms with Gasteiger partial charge in [-0.1, -0.05) is 247 Å². The molecule has 58 heavy (non-hydrogen) atoms. The summed E-state index contributed by atoms with van der Waals surface area (Å²) in [5.74, 6) is 0.799. The molecule has 0 fully saturated rings. The van der Waals surface area contributed by atoms with E-state index in [1.165, 1.54) is 173 Å². The maximum atomic E-state index is 12.8. The fourth-order valence-electron chi connectivity index (χ4n) is 7.78. The topological polar surface area (TPSA) is 78.9 Å². The SMILES string of the molecule is CCCCCCCCCCCCCCCCCCC(=O)O[C@H](COC(=O)CCCCCCCCCCCCC(C)CC)COC(=O)CCCCCCCCCC(C)C. The molecular weight excluding hydrogens is 721 g/mol. The van der Waals surface area contributed by atoms with Gasteiger partial charge in [0.25, 0.3) is 0 Å². The average Bonchev–Trinajstić information content (AvgIpc) is 3.21. The minimum absolute atomic E-state index is 0.0645. The highest BCUT2D eigenvalue weighted by Gasteiger charge is 2.19. The lowest BCUT2D eigenvalue weighted by molar-refractivity contribution is -0.167. The van der Waals surface area contributed by atoms with Gasteiger partial charge < -0.3 is 14.2 Å². The zero-order valence-corrected chi connectivity index (χ0v) is 39.7. The van der Waals surface area contributed by atoms with Crippen molar-refractivity contribution in [1.82, 2.24) is 0 Å². The normalized spacial score (nSPS) is 12.5. The van der Waals surface area contributed by atoms with E-state index in [0.717, 1.165) is 69.6 Å². The van der Waals surface area contributed by atoms with E-state index >= 15 is 0 Å². The van der Waals surface area contributed by atoms with Gasteiger partial charge in [0.1, 0.15) is 13.2 Å². The van der Waals surface area contributed by atoms with Gasteiger partial charge in [0.15, 0.2) is 6.10 Å². The summed E-state index contributed by atoms with van der Waals surface area (Å²) in [6, 6.07) is 0. The number of unbranched alkanes of at least 4 members (excludes halogenated alkanes) is 30. The highest BCUT2D eigenvalue weighted by Crippen LogP contribution is 2.18. The van der Waals surface area contributed by atoms with E-state index in [1.807, 2.05) is 0 Å². The molecule has 0 heterocycles. The molecule has 0 aliphatic rings. The standard InChI is InChI=1S/C52H100O6/c1-6-8-9-10-11-12-13-14-15-16-17-18-23-28-34-39-44-52(55)58-49(46-57-51(54)43-38-33-29-24-25-30-35-40-47(3)4)45-56-50(53)42-37-32-27-22-20-19-21-26-31-36-41-48(5)7-2/h47-49H,6-46H2,1-5H3/t48?,49-/m1/s1. The Morgan fingerprint density at radius 2 is 0.655 bits per heavy atom. The maximum Gasteiger partial charge on any atom is 0.306 e. The summed E-state index contributed by atoms with van der Waals surface area (Å²) >= 11 is 0. The van der Waals surface area contributed by atoms with Crippen molar-refractivity contribution < 1.29 is 28.6 Å². The van der Waals surface area contributed by atoms with Crippen molar-refractivity contribution in [2.75, 3.05) is 13.2 Å². The Balaban J connectivity index is 4.30. The molecule has 0 bridgehead atoms. The molecular formula is C52H100O6. The molecule has 0 aromatic carbocycles. The third-order valence-electron chi connectivity index (χ3n) is 12.1. The van der Waals surface area contributed by atoms with Crippen molar-refractivity contribution in [2.24, 2.45) is 11.8 Å². The lowest BCUT2D eigenvalue weighted by atomic mass is 9.99. The Labute approximate surface area is 361 Å². The monoisotopic (exact) mass is 821 g/mol. The van der Waals surface area contributed by atoms with Crippen LogP contribution in [0.1, 0.15) is 285 Å². The number of esters is 3. The van der Waals surface area contributed by atoms with Crippen molar-refractivity contribution in [3.8, 4) is 0 Å². The Morgan fingerprint density at radius 1 is 0.362 bits per heavy atom. The van der Waals surface area contributed by atoms with Gasteiger partial charge in [0.2, 0.25) is 0 Å². The number of carbonyl (C=O) groups is 3. The van der Waals surface area contributed by atoms with Crippen LogP contribution >= 0.6 is 0 Å². The highest BCUT2D eigenvalue weighted by atomic mass is 16.6. The summed E-state index contributed by atoms with van der Waals surface area (Å²) in [6.07, 6.45) is 45.2. The van der Waals surface area contributed by atoms with Gasteiger partial charge in [-0.2, -0.15) is 0 Å². The number of carbonyl (C=O) groups excluding carboxylic acids is 3. The zero-order chi connectivity index (χ0) is 42.6. The van der Waals surface area contributed by atoms with E-state index in [9.17, 15) is 14.4 Å². The Morgan fingerprint density at radius 3 is 0.983 bits per heavy atom. The molecule has 0 aromatic rings. The third-order valence-corrected chi connectivity index (χ3v) is 12.1. The van der Waals surface area contributed by atoms with Crippen LogP contribution in [0.3, 0.4) is 0 Å². The van der Waals surface area contributed by atoms with E-state index in [0.29, 0.717) is 19.3 Å². The maximum absolute atomic E-state index is 12.8. The molecule has 0 spiro atoms. The first-order valence-electron chi connectivity index (χ1n) is 25.8. The van der Waals surface area contributed by atoms with Crippen LogP contribution in [0.25, 0.3) is 0 Å². The van der Waals surface area contributed by atoms with Crippen molar-refractivity contribution in [2.45, 2.75) is 291 Å². The van der Waals surface area contributed by atoms with E-state index in [2.05, 4.69) is 34.6 Å². The van der Waals surface area contributed by atoms with Crippen molar-refractivity contribution in [1.29, 1.82) is 0 Å². The molecule has 0 radical (unpaired) electrons. The van der Waals surface area contributed by atoms with Crippen molar-refractivity contribution >= 4 is 17.9 Å². The lowest BCUT2D eigenvalue weighted by Crippen LogP contribution is -2.30. The predicted octanol–water partition coefficient (Wildman–Crippen LogP) is 16.5. The van der Waals surface area contributed by atoms with Crippen LogP contribution < -0.4 is 0 Å². The Bertz CT molecular complexity index is 887. The second-order valence-corrected chi connectivity index (χ2v) is 18.5. The molecule has 2 atom stereocenters. The number of hydrogen-bond acceptors (Lipinski definition) is 6. The molecule has 0 aliphatic heterocycles. The first-order chi connectivity index (χ1) is 28.3. The van der Waals surface area contributed by atoms with Gasteiger partial charge in [-0.05, 0) is 31.1 Å². The van der Waals surface area contributed by atoms with E-state index < -0.39 is 6.10 Å². The molecule has 1 unspecified atom stereocenters. The predicted molar refractivity (Wildman–Crippen MR) is 247 cm³/mol. The van der Waals surface area contributed by atoms with Crippen LogP contribution in [0.5, 0.6) is 0 Å². The minimum atomic E-state index is -0.762. The number of ether oxygens (including phenoxy) is 3. The molecule has 6 heteroatoms. The summed E-state index contributed by atoms with van der Waals surface area (Å²) in [7, 11) is 0. The van der Waals surface area contributed by atoms with Crippen LogP contribution in [0, 0.1) is 11.8 Å². The zero-order valence-electron chi connectivity index (χ0n) is 39.7. The van der Waals surface area contributed by atoms with Gasteiger partial charge in [-0.3, -0.25) is 14.4 Å². The summed E-state index contributed by atoms with van der Waals surface area (Å²) in [5, 5.41) is 0. The minimum Gasteiger partial charge on any atom is -0.462 e. The van der Waals surface area contributed by atoms with Crippen molar-refractivity contribution in [3.63, 3.8) is 0 Å². The molecule has 0 rings (SSSR count). The fourth-order valence-corrected chi connectivity index (χ4v) is 7.78. The molecule has 0 N–H and O–H groups in total. The van der Waals surface area contributed by atoms with E-state index in [4.69, 9.17) is 14.2 Å². The van der Waals surface area contributed by atoms with E-state index in [-0.39, 0.29) is 31.1 Å². The third kappa shape index (κ3) is 44.0. The van der Waals surface area contributed by atoms with Crippen molar-refractivity contribution in [3.05, 3.63) is 0 Å². The molecule has 0 aliphatic carbocycles. The van der Waals surface area contributed by atoms with Crippen LogP contribution in [0.2, 0.25) is 0 Å². The first-order valence-corrected chi connectivity index (χ1v) is 25.8. The second kappa shape index (κ2) is 44.9. The lowest BCUT2D eigenvalue weighted by Gasteiger charge is -2.18. The second-order valence-electron chi connectivity index (χ2n) is 18.5. The van der Waals surface area contributed by atoms with Crippen LogP contribution in [0.15, 0.2) is 0 Å². The fraction of sp³-hybridized carbons (Fsp3) is 0.942. The van der Waals surface area contributed by atoms with Crippen LogP contribution in [-0.4, -0.2) is 37.2 Å². The molecule has 344 valence electrons. The molecule has 0 saturated carbocycles. The Hall–Kier alpha value is -1.59. The summed E-state index contributed by atoms with van der Waals surface area (Å²) in [5.41, 5.74) is 0. The number of hydrogen-bond donors (Lipinski definition) is 0. The van der Waals surface area contributed by atoms with Gasteiger partial charge in [-0.15, -0.1) is 0 Å². The van der Waals surface area contributed by atoms with Crippen LogP contribution in [0.4, 0.5) is 0 Å². The molecule has 0 saturated heterocycles. The molecule has 0 aromatic heterocycles. The molecule has 0 amide bonds. The highest BCUT2D eigenvalue weighted by molar-refractivity contribution is 5.71. The quantitative estimate of drug-likeness (QED) is 0.0346. The smallest absolute Gasteiger partial charge is 0.306 e. The van der Waals surface area contributed by atoms with Gasteiger partial charge in [-0.25, -0.2) is 0 Å². The summed E-state index contributed by atoms with van der Waals surface area (Å²) < 4.78 is 16.8. The van der Waals surface area contributed by atoms with Gasteiger partial charge >= 0.3 is 17.9 Å². The van der Waals surface area contributed by atoms with Gasteiger partial charge in [0, 0.05) is 19.3 Å². The van der Waals surface area contributed by atoms with Crippen LogP contribution in [-0.2, 0) is 28.6 Å². The largest absolute Gasteiger partial charge is 0.462 e. The first kappa shape index (κ1) is 56.4.